The zero-order chi connectivity index (χ0) is 19.6. The first-order valence-electron chi connectivity index (χ1n) is 8.63. The molecular weight excluding hydrogens is 390 g/mol. The number of amides is 2. The van der Waals surface area contributed by atoms with E-state index in [1.807, 2.05) is 0 Å². The Hall–Kier alpha value is -2.11. The molecule has 1 saturated heterocycles. The summed E-state index contributed by atoms with van der Waals surface area (Å²) in [5.41, 5.74) is 1.43. The molecule has 0 aromatic heterocycles. The summed E-state index contributed by atoms with van der Waals surface area (Å²) in [6, 6.07) is 9.61. The average molecular weight is 409 g/mol. The molecule has 1 fully saturated rings. The first-order chi connectivity index (χ1) is 12.9. The van der Waals surface area contributed by atoms with Crippen LogP contribution in [0.5, 0.6) is 0 Å². The molecule has 0 aliphatic carbocycles. The third-order valence-electron chi connectivity index (χ3n) is 4.73. The molecule has 0 bridgehead atoms. The van der Waals surface area contributed by atoms with Crippen molar-refractivity contribution in [1.29, 1.82) is 0 Å². The van der Waals surface area contributed by atoms with Crippen molar-refractivity contribution in [2.24, 2.45) is 0 Å². The fourth-order valence-corrected chi connectivity index (χ4v) is 3.56. The van der Waals surface area contributed by atoms with Crippen molar-refractivity contribution in [1.82, 2.24) is 9.80 Å². The summed E-state index contributed by atoms with van der Waals surface area (Å²) in [5.74, 6) is -0.708. The van der Waals surface area contributed by atoms with Gasteiger partial charge in [-0.25, -0.2) is 4.39 Å². The van der Waals surface area contributed by atoms with Gasteiger partial charge in [0.15, 0.2) is 0 Å². The highest BCUT2D eigenvalue weighted by Gasteiger charge is 2.26. The van der Waals surface area contributed by atoms with Crippen molar-refractivity contribution in [2.45, 2.75) is 13.3 Å². The number of hydrogen-bond acceptors (Lipinski definition) is 2. The third-order valence-corrected chi connectivity index (χ3v) is 5.44. The lowest BCUT2D eigenvalue weighted by atomic mass is 10.1. The molecule has 0 spiro atoms. The number of halogens is 3. The quantitative estimate of drug-likeness (QED) is 0.770. The van der Waals surface area contributed by atoms with Crippen LogP contribution in [0.3, 0.4) is 0 Å². The Kier molecular flexibility index (Phi) is 6.02. The van der Waals surface area contributed by atoms with Gasteiger partial charge in [-0.05, 0) is 42.3 Å². The maximum Gasteiger partial charge on any atom is 0.254 e. The lowest BCUT2D eigenvalue weighted by molar-refractivity contribution is -0.131. The highest BCUT2D eigenvalue weighted by Crippen LogP contribution is 2.25. The van der Waals surface area contributed by atoms with Crippen LogP contribution >= 0.6 is 23.2 Å². The largest absolute Gasteiger partial charge is 0.339 e. The zero-order valence-electron chi connectivity index (χ0n) is 14.8. The van der Waals surface area contributed by atoms with Gasteiger partial charge in [0.25, 0.3) is 5.91 Å². The topological polar surface area (TPSA) is 40.6 Å². The molecule has 0 unspecified atom stereocenters. The summed E-state index contributed by atoms with van der Waals surface area (Å²) in [5, 5.41) is 0.928. The Morgan fingerprint density at radius 3 is 2.19 bits per heavy atom. The summed E-state index contributed by atoms with van der Waals surface area (Å²) in [4.78, 5) is 28.4. The molecule has 27 heavy (non-hydrogen) atoms. The molecule has 4 nitrogen and oxygen atoms in total. The van der Waals surface area contributed by atoms with Gasteiger partial charge in [-0.3, -0.25) is 9.59 Å². The lowest BCUT2D eigenvalue weighted by Crippen LogP contribution is -2.51. The third kappa shape index (κ3) is 4.42. The van der Waals surface area contributed by atoms with E-state index >= 15 is 0 Å². The van der Waals surface area contributed by atoms with Crippen LogP contribution in [0, 0.1) is 12.7 Å². The SMILES string of the molecule is Cc1ccc(C(=O)N2CCN(C(=O)Cc3c(Cl)cccc3Cl)CC2)cc1F. The molecule has 2 aromatic carbocycles. The van der Waals surface area contributed by atoms with Gasteiger partial charge >= 0.3 is 0 Å². The average Bonchev–Trinajstić information content (AvgIpc) is 2.66. The molecule has 1 aliphatic heterocycles. The maximum absolute atomic E-state index is 13.7. The zero-order valence-corrected chi connectivity index (χ0v) is 16.4. The second-order valence-electron chi connectivity index (χ2n) is 6.51. The van der Waals surface area contributed by atoms with E-state index in [0.29, 0.717) is 52.9 Å². The molecule has 0 radical (unpaired) electrons. The molecule has 0 N–H and O–H groups in total. The summed E-state index contributed by atoms with van der Waals surface area (Å²) in [6.45, 7) is 3.29. The minimum Gasteiger partial charge on any atom is -0.339 e. The number of rotatable bonds is 3. The van der Waals surface area contributed by atoms with E-state index in [1.54, 1.807) is 47.1 Å². The molecule has 0 saturated carbocycles. The highest BCUT2D eigenvalue weighted by atomic mass is 35.5. The van der Waals surface area contributed by atoms with Gasteiger partial charge in [-0.2, -0.15) is 0 Å². The van der Waals surface area contributed by atoms with Crippen molar-refractivity contribution in [3.05, 3.63) is 69.0 Å². The van der Waals surface area contributed by atoms with E-state index in [-0.39, 0.29) is 18.2 Å². The first kappa shape index (κ1) is 19.6. The molecule has 142 valence electrons. The van der Waals surface area contributed by atoms with Crippen molar-refractivity contribution in [3.63, 3.8) is 0 Å². The van der Waals surface area contributed by atoms with Crippen molar-refractivity contribution >= 4 is 35.0 Å². The van der Waals surface area contributed by atoms with Gasteiger partial charge in [-0.15, -0.1) is 0 Å². The van der Waals surface area contributed by atoms with Crippen LogP contribution in [-0.2, 0) is 11.2 Å². The van der Waals surface area contributed by atoms with Crippen molar-refractivity contribution in [3.8, 4) is 0 Å². The molecule has 3 rings (SSSR count). The number of benzene rings is 2. The molecule has 7 heteroatoms. The van der Waals surface area contributed by atoms with Gasteiger partial charge in [0.2, 0.25) is 5.91 Å². The number of nitrogens with zero attached hydrogens (tertiary/aromatic N) is 2. The second kappa shape index (κ2) is 8.28. The molecule has 2 amide bonds. The predicted octanol–water partition coefficient (Wildman–Crippen LogP) is 3.97. The van der Waals surface area contributed by atoms with Gasteiger partial charge in [0.05, 0.1) is 6.42 Å². The van der Waals surface area contributed by atoms with Gasteiger partial charge in [0.1, 0.15) is 5.82 Å². The van der Waals surface area contributed by atoms with Crippen molar-refractivity contribution < 1.29 is 14.0 Å². The second-order valence-corrected chi connectivity index (χ2v) is 7.33. The van der Waals surface area contributed by atoms with E-state index in [4.69, 9.17) is 23.2 Å². The molecule has 1 heterocycles. The first-order valence-corrected chi connectivity index (χ1v) is 9.38. The summed E-state index contributed by atoms with van der Waals surface area (Å²) < 4.78 is 13.7. The molecule has 2 aromatic rings. The molecule has 1 aliphatic rings. The molecular formula is C20H19Cl2FN2O2. The van der Waals surface area contributed by atoms with Crippen molar-refractivity contribution in [2.75, 3.05) is 26.2 Å². The normalized spacial score (nSPS) is 14.4. The fraction of sp³-hybridized carbons (Fsp3) is 0.300. The predicted molar refractivity (Wildman–Crippen MR) is 104 cm³/mol. The Labute approximate surface area is 167 Å². The Bertz CT molecular complexity index is 860. The minimum atomic E-state index is -0.397. The minimum absolute atomic E-state index is 0.0847. The summed E-state index contributed by atoms with van der Waals surface area (Å²) >= 11 is 12.3. The number of aryl methyl sites for hydroxylation is 1. The highest BCUT2D eigenvalue weighted by molar-refractivity contribution is 6.36. The molecule has 0 atom stereocenters. The summed E-state index contributed by atoms with van der Waals surface area (Å²) in [6.07, 6.45) is 0.121. The van der Waals surface area contributed by atoms with E-state index in [0.717, 1.165) is 0 Å². The van der Waals surface area contributed by atoms with Crippen LogP contribution in [-0.4, -0.2) is 47.8 Å². The number of piperazine rings is 1. The Balaban J connectivity index is 1.60. The van der Waals surface area contributed by atoms with E-state index in [2.05, 4.69) is 0 Å². The smallest absolute Gasteiger partial charge is 0.254 e. The number of carbonyl (C=O) groups is 2. The standard InChI is InChI=1S/C20H19Cl2FN2O2/c1-13-5-6-14(11-18(13)23)20(27)25-9-7-24(8-10-25)19(26)12-15-16(21)3-2-4-17(15)22/h2-6,11H,7-10,12H2,1H3. The summed E-state index contributed by atoms with van der Waals surface area (Å²) in [7, 11) is 0. The van der Waals surface area contributed by atoms with Crippen LogP contribution in [0.1, 0.15) is 21.5 Å². The van der Waals surface area contributed by atoms with Gasteiger partial charge in [0, 0.05) is 41.8 Å². The van der Waals surface area contributed by atoms with Gasteiger partial charge < -0.3 is 9.80 Å². The van der Waals surface area contributed by atoms with Crippen LogP contribution in [0.4, 0.5) is 4.39 Å². The Morgan fingerprint density at radius 2 is 1.59 bits per heavy atom. The van der Waals surface area contributed by atoms with E-state index in [1.165, 1.54) is 6.07 Å². The van der Waals surface area contributed by atoms with Gasteiger partial charge in [-0.1, -0.05) is 35.3 Å². The number of hydrogen-bond donors (Lipinski definition) is 0. The van der Waals surface area contributed by atoms with Crippen LogP contribution in [0.2, 0.25) is 10.0 Å². The lowest BCUT2D eigenvalue weighted by Gasteiger charge is -2.35. The van der Waals surface area contributed by atoms with E-state index in [9.17, 15) is 14.0 Å². The van der Waals surface area contributed by atoms with Crippen LogP contribution in [0.25, 0.3) is 0 Å². The van der Waals surface area contributed by atoms with Crippen LogP contribution in [0.15, 0.2) is 36.4 Å². The maximum atomic E-state index is 13.7. The Morgan fingerprint density at radius 1 is 1.00 bits per heavy atom. The van der Waals surface area contributed by atoms with Crippen LogP contribution < -0.4 is 0 Å². The monoisotopic (exact) mass is 408 g/mol. The fourth-order valence-electron chi connectivity index (χ4n) is 3.03. The van der Waals surface area contributed by atoms with E-state index < -0.39 is 5.82 Å². The number of carbonyl (C=O) groups excluding carboxylic acids is 2.